The zero-order chi connectivity index (χ0) is 24.8. The van der Waals surface area contributed by atoms with Gasteiger partial charge in [0.25, 0.3) is 5.91 Å². The van der Waals surface area contributed by atoms with Gasteiger partial charge in [-0.05, 0) is 73.9 Å². The number of fused-ring (bicyclic) bond motifs is 2. The van der Waals surface area contributed by atoms with E-state index in [1.807, 2.05) is 52.8 Å². The van der Waals surface area contributed by atoms with Gasteiger partial charge in [-0.3, -0.25) is 9.78 Å². The number of hydrogen-bond acceptors (Lipinski definition) is 4. The van der Waals surface area contributed by atoms with Gasteiger partial charge in [0, 0.05) is 66.4 Å². The number of piperidine rings is 1. The number of halogens is 1. The number of aryl methyl sites for hydroxylation is 1. The van der Waals surface area contributed by atoms with Crippen molar-refractivity contribution in [2.24, 2.45) is 5.73 Å². The van der Waals surface area contributed by atoms with Gasteiger partial charge in [0.2, 0.25) is 0 Å². The lowest BCUT2D eigenvalue weighted by molar-refractivity contribution is 0.0709. The van der Waals surface area contributed by atoms with Crippen LogP contribution in [0.1, 0.15) is 34.5 Å². The van der Waals surface area contributed by atoms with Crippen LogP contribution < -0.4 is 5.73 Å². The van der Waals surface area contributed by atoms with Crippen LogP contribution >= 0.6 is 0 Å². The molecule has 1 fully saturated rings. The molecule has 5 aromatic rings. The first-order chi connectivity index (χ1) is 17.5. The Labute approximate surface area is 208 Å². The third kappa shape index (κ3) is 3.93. The van der Waals surface area contributed by atoms with Gasteiger partial charge >= 0.3 is 0 Å². The fraction of sp³-hybridized carbons (Fsp3) is 0.250. The Morgan fingerprint density at radius 3 is 2.78 bits per heavy atom. The van der Waals surface area contributed by atoms with Crippen LogP contribution in [0.15, 0.2) is 67.1 Å². The first-order valence-electron chi connectivity index (χ1n) is 12.2. The molecule has 1 aliphatic heterocycles. The molecule has 4 aromatic heterocycles. The van der Waals surface area contributed by atoms with Crippen molar-refractivity contribution in [2.45, 2.75) is 32.4 Å². The number of aromatic nitrogens is 4. The van der Waals surface area contributed by atoms with Crippen molar-refractivity contribution < 1.29 is 9.18 Å². The van der Waals surface area contributed by atoms with Crippen LogP contribution in [-0.2, 0) is 6.54 Å². The molecule has 36 heavy (non-hydrogen) atoms. The molecule has 6 rings (SSSR count). The summed E-state index contributed by atoms with van der Waals surface area (Å²) >= 11 is 0. The summed E-state index contributed by atoms with van der Waals surface area (Å²) in [6.07, 6.45) is 7.30. The molecular weight excluding hydrogens is 455 g/mol. The maximum absolute atomic E-state index is 14.1. The van der Waals surface area contributed by atoms with Crippen LogP contribution in [-0.4, -0.2) is 48.9 Å². The van der Waals surface area contributed by atoms with E-state index >= 15 is 0 Å². The van der Waals surface area contributed by atoms with E-state index in [-0.39, 0.29) is 17.8 Å². The normalized spacial score (nSPS) is 16.2. The van der Waals surface area contributed by atoms with Gasteiger partial charge in [0.05, 0.1) is 5.69 Å². The minimum absolute atomic E-state index is 0.0165. The summed E-state index contributed by atoms with van der Waals surface area (Å²) in [6, 6.07) is 14.5. The number of benzene rings is 1. The minimum atomic E-state index is -0.276. The largest absolute Gasteiger partial charge is 0.337 e. The summed E-state index contributed by atoms with van der Waals surface area (Å²) in [6.45, 7) is 3.91. The molecule has 0 bridgehead atoms. The van der Waals surface area contributed by atoms with Crippen molar-refractivity contribution in [3.63, 3.8) is 0 Å². The molecular formula is C28H27FN6O. The molecule has 0 radical (unpaired) electrons. The summed E-state index contributed by atoms with van der Waals surface area (Å²) < 4.78 is 18.2. The molecule has 7 nitrogen and oxygen atoms in total. The van der Waals surface area contributed by atoms with E-state index in [0.29, 0.717) is 24.3 Å². The number of likely N-dealkylation sites (tertiary alicyclic amines) is 1. The van der Waals surface area contributed by atoms with Gasteiger partial charge in [-0.2, -0.15) is 0 Å². The lowest BCUT2D eigenvalue weighted by Crippen LogP contribution is -2.45. The molecule has 1 saturated heterocycles. The molecule has 5 heterocycles. The van der Waals surface area contributed by atoms with Gasteiger partial charge in [-0.1, -0.05) is 0 Å². The van der Waals surface area contributed by atoms with E-state index in [1.54, 1.807) is 24.5 Å². The second-order valence-electron chi connectivity index (χ2n) is 9.52. The van der Waals surface area contributed by atoms with Crippen molar-refractivity contribution in [3.05, 3.63) is 89.8 Å². The van der Waals surface area contributed by atoms with Crippen molar-refractivity contribution >= 4 is 22.5 Å². The van der Waals surface area contributed by atoms with Gasteiger partial charge in [-0.25, -0.2) is 9.37 Å². The average molecular weight is 483 g/mol. The van der Waals surface area contributed by atoms with E-state index in [1.165, 1.54) is 6.07 Å². The zero-order valence-electron chi connectivity index (χ0n) is 20.1. The third-order valence-electron chi connectivity index (χ3n) is 7.05. The highest BCUT2D eigenvalue weighted by Gasteiger charge is 2.24. The smallest absolute Gasteiger partial charge is 0.254 e. The van der Waals surface area contributed by atoms with Crippen molar-refractivity contribution in [1.82, 2.24) is 23.8 Å². The molecule has 1 aliphatic rings. The van der Waals surface area contributed by atoms with E-state index < -0.39 is 0 Å². The Balaban J connectivity index is 1.44. The summed E-state index contributed by atoms with van der Waals surface area (Å²) in [4.78, 5) is 24.0. The van der Waals surface area contributed by atoms with Crippen LogP contribution in [0.5, 0.6) is 0 Å². The van der Waals surface area contributed by atoms with Crippen molar-refractivity contribution in [1.29, 1.82) is 0 Å². The number of carbonyl (C=O) groups excluding carboxylic acids is 1. The van der Waals surface area contributed by atoms with E-state index in [2.05, 4.69) is 9.55 Å². The molecule has 1 aromatic carbocycles. The van der Waals surface area contributed by atoms with Gasteiger partial charge in [0.1, 0.15) is 17.2 Å². The number of rotatable bonds is 4. The van der Waals surface area contributed by atoms with E-state index in [0.717, 1.165) is 52.9 Å². The van der Waals surface area contributed by atoms with Crippen LogP contribution in [0.2, 0.25) is 0 Å². The van der Waals surface area contributed by atoms with Crippen LogP contribution in [0, 0.1) is 12.7 Å². The Morgan fingerprint density at radius 2 is 1.97 bits per heavy atom. The first kappa shape index (κ1) is 22.4. The molecule has 1 atom stereocenters. The van der Waals surface area contributed by atoms with Crippen LogP contribution in [0.25, 0.3) is 27.9 Å². The maximum Gasteiger partial charge on any atom is 0.254 e. The second-order valence-corrected chi connectivity index (χ2v) is 9.52. The number of nitrogens with zero attached hydrogens (tertiary/aromatic N) is 5. The van der Waals surface area contributed by atoms with E-state index in [9.17, 15) is 9.18 Å². The first-order valence-corrected chi connectivity index (χ1v) is 12.2. The quantitative estimate of drug-likeness (QED) is 0.411. The zero-order valence-corrected chi connectivity index (χ0v) is 20.1. The monoisotopic (exact) mass is 482 g/mol. The van der Waals surface area contributed by atoms with Crippen LogP contribution in [0.4, 0.5) is 4.39 Å². The fourth-order valence-corrected chi connectivity index (χ4v) is 5.20. The highest BCUT2D eigenvalue weighted by molar-refractivity contribution is 5.95. The van der Waals surface area contributed by atoms with Crippen LogP contribution in [0.3, 0.4) is 0 Å². The second kappa shape index (κ2) is 8.87. The number of imidazole rings is 1. The maximum atomic E-state index is 14.1. The number of carbonyl (C=O) groups is 1. The highest BCUT2D eigenvalue weighted by atomic mass is 19.1. The summed E-state index contributed by atoms with van der Waals surface area (Å²) in [5, 5.41) is 0.813. The van der Waals surface area contributed by atoms with Gasteiger partial charge < -0.3 is 19.6 Å². The summed E-state index contributed by atoms with van der Waals surface area (Å²) in [5.41, 5.74) is 12.0. The molecule has 0 saturated carbocycles. The molecule has 0 aliphatic carbocycles. The Hall–Kier alpha value is -4.04. The number of amides is 1. The standard InChI is InChI=1S/C28H27FN6O/c1-18-27(32-26-15-20(8-12-34(18)26)28(36)33-11-2-3-23(30)17-33)25-14-21-13-22(29)4-5-24(21)35(25)16-19-6-9-31-10-7-19/h4-10,12-15,23H,2-3,11,16-17,30H2,1H3. The highest BCUT2D eigenvalue weighted by Crippen LogP contribution is 2.32. The molecule has 1 unspecified atom stereocenters. The van der Waals surface area contributed by atoms with E-state index in [4.69, 9.17) is 10.7 Å². The topological polar surface area (TPSA) is 81.5 Å². The summed E-state index contributed by atoms with van der Waals surface area (Å²) in [7, 11) is 0. The van der Waals surface area contributed by atoms with Crippen molar-refractivity contribution in [3.8, 4) is 11.4 Å². The number of nitrogens with two attached hydrogens (primary N) is 1. The van der Waals surface area contributed by atoms with Gasteiger partial charge in [0.15, 0.2) is 0 Å². The average Bonchev–Trinajstić information content (AvgIpc) is 3.40. The fourth-order valence-electron chi connectivity index (χ4n) is 5.20. The molecule has 8 heteroatoms. The predicted molar refractivity (Wildman–Crippen MR) is 137 cm³/mol. The molecule has 182 valence electrons. The van der Waals surface area contributed by atoms with Crippen molar-refractivity contribution in [2.75, 3.05) is 13.1 Å². The minimum Gasteiger partial charge on any atom is -0.337 e. The molecule has 2 N–H and O–H groups in total. The molecule has 0 spiro atoms. The lowest BCUT2D eigenvalue weighted by atomic mass is 10.1. The third-order valence-corrected chi connectivity index (χ3v) is 7.05. The number of hydrogen-bond donors (Lipinski definition) is 1. The number of pyridine rings is 2. The SMILES string of the molecule is Cc1c(-c2cc3cc(F)ccc3n2Cc2ccncc2)nc2cc(C(=O)N3CCCC(N)C3)ccn12. The Bertz CT molecular complexity index is 1590. The lowest BCUT2D eigenvalue weighted by Gasteiger charge is -2.30. The van der Waals surface area contributed by atoms with Gasteiger partial charge in [-0.15, -0.1) is 0 Å². The summed E-state index contributed by atoms with van der Waals surface area (Å²) in [5.74, 6) is -0.292. The molecule has 1 amide bonds. The Morgan fingerprint density at radius 1 is 1.14 bits per heavy atom. The Kier molecular flexibility index (Phi) is 5.53. The predicted octanol–water partition coefficient (Wildman–Crippen LogP) is 4.41.